The fourth-order valence-corrected chi connectivity index (χ4v) is 3.44. The number of halogens is 3. The molecule has 1 aliphatic heterocycles. The fraction of sp³-hybridized carbons (Fsp3) is 0.136. The molecule has 28 heavy (non-hydrogen) atoms. The largest absolute Gasteiger partial charge is 0.378 e. The first-order chi connectivity index (χ1) is 13.5. The highest BCUT2D eigenvalue weighted by molar-refractivity contribution is 6.06. The van der Waals surface area contributed by atoms with Gasteiger partial charge in [0.25, 0.3) is 5.91 Å². The molecule has 1 aliphatic rings. The summed E-state index contributed by atoms with van der Waals surface area (Å²) in [7, 11) is 0. The zero-order valence-electron chi connectivity index (χ0n) is 14.8. The van der Waals surface area contributed by atoms with E-state index >= 15 is 0 Å². The molecule has 3 nitrogen and oxygen atoms in total. The first kappa shape index (κ1) is 18.1. The number of anilines is 2. The summed E-state index contributed by atoms with van der Waals surface area (Å²) in [6, 6.07) is 15.3. The Morgan fingerprint density at radius 1 is 0.857 bits per heavy atom. The standard InChI is InChI=1S/C22H17F3N2O/c23-15-3-1-14(2-4-15)22(28)27-12-11-20(19-13-17(25)7-10-21(19)27)26-18-8-5-16(24)6-9-18/h1-10,13,20,26H,11-12H2. The van der Waals surface area contributed by atoms with Crippen molar-refractivity contribution < 1.29 is 18.0 Å². The van der Waals surface area contributed by atoms with Crippen LogP contribution in [-0.2, 0) is 0 Å². The fourth-order valence-electron chi connectivity index (χ4n) is 3.44. The molecular formula is C22H17F3N2O. The molecule has 0 spiro atoms. The van der Waals surface area contributed by atoms with Gasteiger partial charge in [-0.1, -0.05) is 0 Å². The Labute approximate surface area is 160 Å². The van der Waals surface area contributed by atoms with Gasteiger partial charge in [0.05, 0.1) is 6.04 Å². The van der Waals surface area contributed by atoms with Crippen LogP contribution in [0.2, 0.25) is 0 Å². The third kappa shape index (κ3) is 3.58. The number of fused-ring (bicyclic) bond motifs is 1. The van der Waals surface area contributed by atoms with Gasteiger partial charge >= 0.3 is 0 Å². The molecule has 1 heterocycles. The first-order valence-corrected chi connectivity index (χ1v) is 8.90. The second-order valence-corrected chi connectivity index (χ2v) is 6.66. The van der Waals surface area contributed by atoms with E-state index in [-0.39, 0.29) is 17.8 Å². The number of nitrogens with zero attached hydrogens (tertiary/aromatic N) is 1. The topological polar surface area (TPSA) is 32.3 Å². The van der Waals surface area contributed by atoms with Gasteiger partial charge in [-0.2, -0.15) is 0 Å². The zero-order valence-corrected chi connectivity index (χ0v) is 14.8. The normalized spacial score (nSPS) is 15.8. The molecule has 0 saturated heterocycles. The van der Waals surface area contributed by atoms with Crippen LogP contribution in [-0.4, -0.2) is 12.5 Å². The van der Waals surface area contributed by atoms with Crippen LogP contribution < -0.4 is 10.2 Å². The van der Waals surface area contributed by atoms with Crippen LogP contribution in [0.3, 0.4) is 0 Å². The lowest BCUT2D eigenvalue weighted by atomic mass is 9.95. The molecule has 0 aromatic heterocycles. The number of benzene rings is 3. The number of carbonyl (C=O) groups excluding carboxylic acids is 1. The van der Waals surface area contributed by atoms with E-state index in [0.29, 0.717) is 35.5 Å². The smallest absolute Gasteiger partial charge is 0.258 e. The molecule has 6 heteroatoms. The van der Waals surface area contributed by atoms with Crippen molar-refractivity contribution in [2.24, 2.45) is 0 Å². The van der Waals surface area contributed by atoms with Crippen LogP contribution in [0.15, 0.2) is 66.7 Å². The molecule has 1 amide bonds. The summed E-state index contributed by atoms with van der Waals surface area (Å²) in [6.45, 7) is 0.410. The van der Waals surface area contributed by atoms with Gasteiger partial charge in [0.1, 0.15) is 17.5 Å². The molecule has 3 aromatic carbocycles. The number of amides is 1. The Morgan fingerprint density at radius 2 is 1.46 bits per heavy atom. The summed E-state index contributed by atoms with van der Waals surface area (Å²) < 4.78 is 40.2. The zero-order chi connectivity index (χ0) is 19.7. The molecule has 0 aliphatic carbocycles. The van der Waals surface area contributed by atoms with E-state index in [9.17, 15) is 18.0 Å². The molecule has 4 rings (SSSR count). The van der Waals surface area contributed by atoms with Crippen molar-refractivity contribution in [2.45, 2.75) is 12.5 Å². The predicted molar refractivity (Wildman–Crippen MR) is 102 cm³/mol. The van der Waals surface area contributed by atoms with Crippen LogP contribution in [0.4, 0.5) is 24.5 Å². The third-order valence-corrected chi connectivity index (χ3v) is 4.82. The maximum absolute atomic E-state index is 13.9. The van der Waals surface area contributed by atoms with Gasteiger partial charge in [0.15, 0.2) is 0 Å². The van der Waals surface area contributed by atoms with E-state index in [2.05, 4.69) is 5.32 Å². The van der Waals surface area contributed by atoms with Gasteiger partial charge in [-0.25, -0.2) is 13.2 Å². The number of nitrogens with one attached hydrogen (secondary N) is 1. The molecule has 1 N–H and O–H groups in total. The molecule has 142 valence electrons. The molecule has 3 aromatic rings. The van der Waals surface area contributed by atoms with E-state index in [1.54, 1.807) is 23.1 Å². The van der Waals surface area contributed by atoms with Gasteiger partial charge in [0.2, 0.25) is 0 Å². The van der Waals surface area contributed by atoms with Crippen LogP contribution in [0.25, 0.3) is 0 Å². The molecule has 1 unspecified atom stereocenters. The minimum atomic E-state index is -0.416. The average molecular weight is 382 g/mol. The minimum Gasteiger partial charge on any atom is -0.378 e. The van der Waals surface area contributed by atoms with E-state index < -0.39 is 11.6 Å². The van der Waals surface area contributed by atoms with Crippen molar-refractivity contribution in [1.29, 1.82) is 0 Å². The van der Waals surface area contributed by atoms with Crippen molar-refractivity contribution in [3.63, 3.8) is 0 Å². The summed E-state index contributed by atoms with van der Waals surface area (Å²) in [5.41, 5.74) is 2.31. The van der Waals surface area contributed by atoms with Crippen LogP contribution in [0, 0.1) is 17.5 Å². The molecule has 0 radical (unpaired) electrons. The summed E-state index contributed by atoms with van der Waals surface area (Å²) in [6.07, 6.45) is 0.542. The summed E-state index contributed by atoms with van der Waals surface area (Å²) in [5, 5.41) is 3.28. The first-order valence-electron chi connectivity index (χ1n) is 8.90. The highest BCUT2D eigenvalue weighted by Gasteiger charge is 2.29. The average Bonchev–Trinajstić information content (AvgIpc) is 2.70. The summed E-state index contributed by atoms with van der Waals surface area (Å²) in [5.74, 6) is -1.42. The number of rotatable bonds is 3. The minimum absolute atomic E-state index is 0.228. The SMILES string of the molecule is O=C(c1ccc(F)cc1)N1CCC(Nc2ccc(F)cc2)c2cc(F)ccc21. The molecule has 0 fully saturated rings. The van der Waals surface area contributed by atoms with Crippen molar-refractivity contribution in [3.8, 4) is 0 Å². The highest BCUT2D eigenvalue weighted by Crippen LogP contribution is 2.37. The quantitative estimate of drug-likeness (QED) is 0.666. The lowest BCUT2D eigenvalue weighted by Crippen LogP contribution is -2.38. The van der Waals surface area contributed by atoms with Gasteiger partial charge < -0.3 is 10.2 Å². The molecule has 1 atom stereocenters. The van der Waals surface area contributed by atoms with Gasteiger partial charge in [-0.05, 0) is 73.2 Å². The molecular weight excluding hydrogens is 365 g/mol. The van der Waals surface area contributed by atoms with Crippen LogP contribution in [0.5, 0.6) is 0 Å². The van der Waals surface area contributed by atoms with E-state index in [1.807, 2.05) is 0 Å². The maximum atomic E-state index is 13.9. The van der Waals surface area contributed by atoms with Gasteiger partial charge in [-0.15, -0.1) is 0 Å². The van der Waals surface area contributed by atoms with Crippen molar-refractivity contribution in [3.05, 3.63) is 95.3 Å². The van der Waals surface area contributed by atoms with E-state index in [4.69, 9.17) is 0 Å². The van der Waals surface area contributed by atoms with E-state index in [1.165, 1.54) is 48.5 Å². The Bertz CT molecular complexity index is 1000. The van der Waals surface area contributed by atoms with Crippen LogP contribution >= 0.6 is 0 Å². The Hall–Kier alpha value is -3.28. The lowest BCUT2D eigenvalue weighted by Gasteiger charge is -2.35. The number of hydrogen-bond donors (Lipinski definition) is 1. The van der Waals surface area contributed by atoms with Crippen molar-refractivity contribution in [1.82, 2.24) is 0 Å². The van der Waals surface area contributed by atoms with Gasteiger partial charge in [-0.3, -0.25) is 4.79 Å². The summed E-state index contributed by atoms with van der Waals surface area (Å²) in [4.78, 5) is 14.5. The van der Waals surface area contributed by atoms with E-state index in [0.717, 1.165) is 0 Å². The Kier molecular flexibility index (Phi) is 4.77. The van der Waals surface area contributed by atoms with Crippen molar-refractivity contribution in [2.75, 3.05) is 16.8 Å². The van der Waals surface area contributed by atoms with Gasteiger partial charge in [0, 0.05) is 29.0 Å². The number of carbonyl (C=O) groups is 1. The second kappa shape index (κ2) is 7.38. The van der Waals surface area contributed by atoms with Crippen LogP contribution in [0.1, 0.15) is 28.4 Å². The Balaban J connectivity index is 1.65. The number of hydrogen-bond acceptors (Lipinski definition) is 2. The maximum Gasteiger partial charge on any atom is 0.258 e. The predicted octanol–water partition coefficient (Wildman–Crippen LogP) is 5.31. The third-order valence-electron chi connectivity index (χ3n) is 4.82. The molecule has 0 bridgehead atoms. The van der Waals surface area contributed by atoms with Crippen molar-refractivity contribution >= 4 is 17.3 Å². The lowest BCUT2D eigenvalue weighted by molar-refractivity contribution is 0.0984. The monoisotopic (exact) mass is 382 g/mol. The molecule has 0 saturated carbocycles. The highest BCUT2D eigenvalue weighted by atomic mass is 19.1. The Morgan fingerprint density at radius 3 is 2.14 bits per heavy atom. The second-order valence-electron chi connectivity index (χ2n) is 6.66. The summed E-state index contributed by atoms with van der Waals surface area (Å²) >= 11 is 0.